The molecule has 0 unspecified atom stereocenters. The van der Waals surface area contributed by atoms with E-state index in [9.17, 15) is 4.79 Å². The van der Waals surface area contributed by atoms with Gasteiger partial charge in [0, 0.05) is 5.92 Å². The van der Waals surface area contributed by atoms with E-state index in [1.54, 1.807) is 0 Å². The Morgan fingerprint density at radius 2 is 2.25 bits per heavy atom. The van der Waals surface area contributed by atoms with Gasteiger partial charge in [0.15, 0.2) is 5.78 Å². The second-order valence-electron chi connectivity index (χ2n) is 2.27. The van der Waals surface area contributed by atoms with Crippen LogP contribution in [0.25, 0.3) is 0 Å². The minimum Gasteiger partial charge on any atom is -0.370 e. The van der Waals surface area contributed by atoms with Gasteiger partial charge in [-0.3, -0.25) is 4.79 Å². The van der Waals surface area contributed by atoms with Gasteiger partial charge in [0.25, 0.3) is 0 Å². The summed E-state index contributed by atoms with van der Waals surface area (Å²) in [4.78, 5) is 10.7. The molecule has 1 aliphatic heterocycles. The molecule has 0 aromatic carbocycles. The molecule has 0 aliphatic carbocycles. The molecule has 8 heavy (non-hydrogen) atoms. The van der Waals surface area contributed by atoms with Crippen LogP contribution >= 0.6 is 0 Å². The highest BCUT2D eigenvalue weighted by Gasteiger charge is 2.27. The van der Waals surface area contributed by atoms with Crippen molar-refractivity contribution >= 4 is 5.78 Å². The molecule has 0 radical (unpaired) electrons. The lowest BCUT2D eigenvalue weighted by atomic mass is 10.1. The van der Waals surface area contributed by atoms with E-state index in [0.29, 0.717) is 6.61 Å². The van der Waals surface area contributed by atoms with Gasteiger partial charge in [0.1, 0.15) is 6.61 Å². The quantitative estimate of drug-likeness (QED) is 0.461. The molecule has 1 fully saturated rings. The molecule has 0 amide bonds. The molecule has 0 saturated carbocycles. The Hall–Kier alpha value is -0.370. The summed E-state index contributed by atoms with van der Waals surface area (Å²) in [6.07, 6.45) is 0.141. The van der Waals surface area contributed by atoms with Gasteiger partial charge in [0.2, 0.25) is 0 Å². The molecule has 2 heteroatoms. The Balaban J connectivity index is 2.56. The Morgan fingerprint density at radius 3 is 2.38 bits per heavy atom. The van der Waals surface area contributed by atoms with Gasteiger partial charge in [-0.05, 0) is 6.92 Å². The molecule has 1 saturated heterocycles. The molecule has 0 N–H and O–H groups in total. The normalized spacial score (nSPS) is 38.5. The summed E-state index contributed by atoms with van der Waals surface area (Å²) < 4.78 is 5.03. The van der Waals surface area contributed by atoms with E-state index in [1.807, 2.05) is 13.8 Å². The molecule has 2 atom stereocenters. The van der Waals surface area contributed by atoms with Crippen LogP contribution in [0.5, 0.6) is 0 Å². The molecule has 1 aliphatic rings. The van der Waals surface area contributed by atoms with Gasteiger partial charge in [-0.25, -0.2) is 0 Å². The van der Waals surface area contributed by atoms with Crippen LogP contribution in [0.4, 0.5) is 0 Å². The van der Waals surface area contributed by atoms with E-state index in [4.69, 9.17) is 4.74 Å². The topological polar surface area (TPSA) is 26.3 Å². The minimum atomic E-state index is 0.120. The van der Waals surface area contributed by atoms with Gasteiger partial charge in [-0.1, -0.05) is 6.92 Å². The monoisotopic (exact) mass is 114 g/mol. The third kappa shape index (κ3) is 0.757. The maximum absolute atomic E-state index is 10.7. The molecular weight excluding hydrogens is 104 g/mol. The highest BCUT2D eigenvalue weighted by molar-refractivity contribution is 5.83. The predicted molar refractivity (Wildman–Crippen MR) is 29.6 cm³/mol. The van der Waals surface area contributed by atoms with Crippen LogP contribution in [-0.4, -0.2) is 18.5 Å². The summed E-state index contributed by atoms with van der Waals surface area (Å²) in [7, 11) is 0. The number of carbonyl (C=O) groups excluding carboxylic acids is 1. The van der Waals surface area contributed by atoms with Crippen LogP contribution in [-0.2, 0) is 9.53 Å². The van der Waals surface area contributed by atoms with Crippen molar-refractivity contribution in [1.29, 1.82) is 0 Å². The summed E-state index contributed by atoms with van der Waals surface area (Å²) in [5.41, 5.74) is 0. The highest BCUT2D eigenvalue weighted by Crippen LogP contribution is 2.15. The van der Waals surface area contributed by atoms with E-state index >= 15 is 0 Å². The van der Waals surface area contributed by atoms with E-state index in [2.05, 4.69) is 0 Å². The first-order chi connectivity index (χ1) is 3.72. The van der Waals surface area contributed by atoms with E-state index < -0.39 is 0 Å². The zero-order valence-corrected chi connectivity index (χ0v) is 5.18. The van der Waals surface area contributed by atoms with Gasteiger partial charge < -0.3 is 4.74 Å². The van der Waals surface area contributed by atoms with Crippen LogP contribution in [0.3, 0.4) is 0 Å². The Bertz CT molecular complexity index is 109. The van der Waals surface area contributed by atoms with Crippen molar-refractivity contribution in [2.45, 2.75) is 20.0 Å². The van der Waals surface area contributed by atoms with Gasteiger partial charge in [-0.15, -0.1) is 0 Å². The summed E-state index contributed by atoms with van der Waals surface area (Å²) in [6.45, 7) is 4.15. The number of hydrogen-bond acceptors (Lipinski definition) is 2. The molecule has 1 heterocycles. The minimum absolute atomic E-state index is 0.120. The first-order valence-electron chi connectivity index (χ1n) is 2.86. The summed E-state index contributed by atoms with van der Waals surface area (Å²) >= 11 is 0. The number of ketones is 1. The van der Waals surface area contributed by atoms with Crippen LogP contribution in [0.1, 0.15) is 13.8 Å². The smallest absolute Gasteiger partial charge is 0.163 e. The summed E-state index contributed by atoms with van der Waals surface area (Å²) in [5, 5.41) is 0. The number of Topliss-reactive ketones (excluding diaryl/α,β-unsaturated/α-hetero) is 1. The third-order valence-corrected chi connectivity index (χ3v) is 1.70. The fourth-order valence-corrected chi connectivity index (χ4v) is 0.751. The van der Waals surface area contributed by atoms with Crippen molar-refractivity contribution in [3.8, 4) is 0 Å². The molecule has 0 bridgehead atoms. The van der Waals surface area contributed by atoms with Crippen LogP contribution in [0.15, 0.2) is 0 Å². The standard InChI is InChI=1S/C6H10O2/c1-4-5(2)8-3-6(4)7/h4-5H,3H2,1-2H3/t4-,5+/m1/s1. The third-order valence-electron chi connectivity index (χ3n) is 1.70. The molecule has 0 aromatic heterocycles. The lowest BCUT2D eigenvalue weighted by Crippen LogP contribution is -2.12. The van der Waals surface area contributed by atoms with Crippen molar-refractivity contribution in [3.63, 3.8) is 0 Å². The molecule has 1 rings (SSSR count). The van der Waals surface area contributed by atoms with E-state index in [0.717, 1.165) is 0 Å². The Kier molecular flexibility index (Phi) is 1.34. The number of carbonyl (C=O) groups is 1. The van der Waals surface area contributed by atoms with Crippen LogP contribution < -0.4 is 0 Å². The molecule has 46 valence electrons. The maximum Gasteiger partial charge on any atom is 0.163 e. The first-order valence-corrected chi connectivity index (χ1v) is 2.86. The van der Waals surface area contributed by atoms with E-state index in [1.165, 1.54) is 0 Å². The van der Waals surface area contributed by atoms with Crippen molar-refractivity contribution in [3.05, 3.63) is 0 Å². The average molecular weight is 114 g/mol. The zero-order chi connectivity index (χ0) is 6.15. The van der Waals surface area contributed by atoms with Crippen molar-refractivity contribution in [2.24, 2.45) is 5.92 Å². The van der Waals surface area contributed by atoms with Crippen LogP contribution in [0.2, 0.25) is 0 Å². The molecule has 2 nitrogen and oxygen atoms in total. The van der Waals surface area contributed by atoms with Crippen molar-refractivity contribution < 1.29 is 9.53 Å². The molecule has 0 aromatic rings. The number of rotatable bonds is 0. The maximum atomic E-state index is 10.7. The van der Waals surface area contributed by atoms with Crippen LogP contribution in [0, 0.1) is 5.92 Å². The summed E-state index contributed by atoms with van der Waals surface area (Å²) in [6, 6.07) is 0. The highest BCUT2D eigenvalue weighted by atomic mass is 16.5. The second kappa shape index (κ2) is 1.86. The van der Waals surface area contributed by atoms with Gasteiger partial charge in [0.05, 0.1) is 6.10 Å². The van der Waals surface area contributed by atoms with Gasteiger partial charge in [-0.2, -0.15) is 0 Å². The fraction of sp³-hybridized carbons (Fsp3) is 0.833. The lowest BCUT2D eigenvalue weighted by molar-refractivity contribution is -0.120. The number of hydrogen-bond donors (Lipinski definition) is 0. The van der Waals surface area contributed by atoms with Crippen molar-refractivity contribution in [1.82, 2.24) is 0 Å². The molecule has 0 spiro atoms. The summed E-state index contributed by atoms with van der Waals surface area (Å²) in [5.74, 6) is 0.354. The number of ether oxygens (including phenoxy) is 1. The zero-order valence-electron chi connectivity index (χ0n) is 5.18. The Morgan fingerprint density at radius 1 is 1.62 bits per heavy atom. The molecular formula is C6H10O2. The van der Waals surface area contributed by atoms with E-state index in [-0.39, 0.29) is 17.8 Å². The lowest BCUT2D eigenvalue weighted by Gasteiger charge is -2.02. The van der Waals surface area contributed by atoms with Crippen molar-refractivity contribution in [2.75, 3.05) is 6.61 Å². The second-order valence-corrected chi connectivity index (χ2v) is 2.27. The fourth-order valence-electron chi connectivity index (χ4n) is 0.751. The first kappa shape index (κ1) is 5.76. The Labute approximate surface area is 48.8 Å². The SMILES string of the molecule is C[C@@H]1OCC(=O)[C@@H]1C. The largest absolute Gasteiger partial charge is 0.370 e. The van der Waals surface area contributed by atoms with Gasteiger partial charge >= 0.3 is 0 Å². The average Bonchev–Trinajstić information content (AvgIpc) is 1.98. The predicted octanol–water partition coefficient (Wildman–Crippen LogP) is 0.610.